The molecule has 7 heteroatoms. The minimum atomic E-state index is -0.347. The predicted octanol–water partition coefficient (Wildman–Crippen LogP) is 2.17. The molecule has 0 aromatic carbocycles. The molecule has 0 aliphatic carbocycles. The Bertz CT molecular complexity index is 554. The van der Waals surface area contributed by atoms with E-state index in [1.165, 1.54) is 0 Å². The van der Waals surface area contributed by atoms with Crippen LogP contribution in [0, 0.1) is 0 Å². The van der Waals surface area contributed by atoms with Crippen molar-refractivity contribution in [2.75, 3.05) is 5.32 Å². The van der Waals surface area contributed by atoms with Crippen molar-refractivity contribution in [3.63, 3.8) is 0 Å². The highest BCUT2D eigenvalue weighted by Gasteiger charge is 2.13. The first-order chi connectivity index (χ1) is 8.70. The Morgan fingerprint density at radius 2 is 2.39 bits per heavy atom. The van der Waals surface area contributed by atoms with Crippen LogP contribution in [0.1, 0.15) is 29.8 Å². The van der Waals surface area contributed by atoms with Gasteiger partial charge in [0.15, 0.2) is 0 Å². The smallest absolute Gasteiger partial charge is 0.295 e. The van der Waals surface area contributed by atoms with Gasteiger partial charge in [-0.3, -0.25) is 14.9 Å². The zero-order valence-corrected chi connectivity index (χ0v) is 11.4. The van der Waals surface area contributed by atoms with E-state index in [9.17, 15) is 4.79 Å². The molecule has 0 saturated carbocycles. The molecule has 1 amide bonds. The van der Waals surface area contributed by atoms with Crippen molar-refractivity contribution in [2.45, 2.75) is 19.8 Å². The van der Waals surface area contributed by atoms with Crippen LogP contribution in [0.4, 0.5) is 5.69 Å². The van der Waals surface area contributed by atoms with Crippen molar-refractivity contribution in [1.29, 1.82) is 0 Å². The fourth-order valence-corrected chi connectivity index (χ4v) is 1.75. The van der Waals surface area contributed by atoms with Crippen LogP contribution >= 0.6 is 15.9 Å². The largest absolute Gasteiger partial charge is 0.318 e. The number of pyridine rings is 1. The Kier molecular flexibility index (Phi) is 4.03. The highest BCUT2D eigenvalue weighted by Crippen LogP contribution is 2.20. The summed E-state index contributed by atoms with van der Waals surface area (Å²) in [5.41, 5.74) is 0.636. The number of hydrogen-bond donors (Lipinski definition) is 2. The second-order valence-electron chi connectivity index (χ2n) is 3.67. The number of rotatable bonds is 4. The summed E-state index contributed by atoms with van der Waals surface area (Å²) < 4.78 is 0.711. The maximum Gasteiger partial charge on any atom is 0.295 e. The fraction of sp³-hybridized carbons (Fsp3) is 0.273. The third-order valence-corrected chi connectivity index (χ3v) is 2.87. The monoisotopic (exact) mass is 309 g/mol. The first-order valence-corrected chi connectivity index (χ1v) is 6.32. The molecule has 0 bridgehead atoms. The number of aromatic nitrogens is 4. The number of hydrogen-bond acceptors (Lipinski definition) is 4. The minimum Gasteiger partial charge on any atom is -0.318 e. The van der Waals surface area contributed by atoms with Crippen LogP contribution in [0.25, 0.3) is 0 Å². The molecule has 0 aliphatic heterocycles. The summed E-state index contributed by atoms with van der Waals surface area (Å²) in [6.45, 7) is 2.04. The summed E-state index contributed by atoms with van der Waals surface area (Å²) in [4.78, 5) is 19.9. The number of aryl methyl sites for hydroxylation is 1. The van der Waals surface area contributed by atoms with Crippen molar-refractivity contribution in [3.05, 3.63) is 34.6 Å². The van der Waals surface area contributed by atoms with Gasteiger partial charge in [-0.2, -0.15) is 0 Å². The molecule has 0 atom stereocenters. The fourth-order valence-electron chi connectivity index (χ4n) is 1.40. The zero-order valence-electron chi connectivity index (χ0n) is 9.77. The molecule has 2 aromatic heterocycles. The van der Waals surface area contributed by atoms with Crippen molar-refractivity contribution in [3.8, 4) is 0 Å². The topological polar surface area (TPSA) is 83.6 Å². The van der Waals surface area contributed by atoms with E-state index in [2.05, 4.69) is 41.4 Å². The molecule has 2 heterocycles. The Labute approximate surface area is 112 Å². The van der Waals surface area contributed by atoms with Gasteiger partial charge in [0.25, 0.3) is 5.91 Å². The normalized spacial score (nSPS) is 10.3. The van der Waals surface area contributed by atoms with Crippen LogP contribution in [0.3, 0.4) is 0 Å². The highest BCUT2D eigenvalue weighted by atomic mass is 79.9. The molecule has 94 valence electrons. The van der Waals surface area contributed by atoms with E-state index in [1.54, 1.807) is 18.5 Å². The van der Waals surface area contributed by atoms with E-state index < -0.39 is 0 Å². The van der Waals surface area contributed by atoms with E-state index in [-0.39, 0.29) is 11.7 Å². The number of halogens is 1. The van der Waals surface area contributed by atoms with Gasteiger partial charge in [0.1, 0.15) is 5.82 Å². The van der Waals surface area contributed by atoms with Gasteiger partial charge in [-0.15, -0.1) is 5.10 Å². The molecule has 2 aromatic rings. The predicted molar refractivity (Wildman–Crippen MR) is 70.3 cm³/mol. The Morgan fingerprint density at radius 3 is 3.11 bits per heavy atom. The van der Waals surface area contributed by atoms with Gasteiger partial charge in [0.2, 0.25) is 5.82 Å². The third-order valence-electron chi connectivity index (χ3n) is 2.24. The summed E-state index contributed by atoms with van der Waals surface area (Å²) in [6, 6.07) is 1.70. The molecule has 0 saturated heterocycles. The van der Waals surface area contributed by atoms with Gasteiger partial charge in [0, 0.05) is 18.8 Å². The maximum atomic E-state index is 11.9. The van der Waals surface area contributed by atoms with Crippen molar-refractivity contribution in [1.82, 2.24) is 20.2 Å². The highest BCUT2D eigenvalue weighted by molar-refractivity contribution is 9.10. The lowest BCUT2D eigenvalue weighted by Crippen LogP contribution is -2.14. The number of anilines is 1. The number of aromatic amines is 1. The maximum absolute atomic E-state index is 11.9. The van der Waals surface area contributed by atoms with Crippen LogP contribution in [0.15, 0.2) is 22.9 Å². The Balaban J connectivity index is 2.10. The SMILES string of the molecule is CCCc1nc(C(=O)Nc2ccncc2Br)n[nH]1. The van der Waals surface area contributed by atoms with Crippen molar-refractivity contribution >= 4 is 27.5 Å². The number of H-pyrrole nitrogens is 1. The van der Waals surface area contributed by atoms with Gasteiger partial charge < -0.3 is 5.32 Å². The quantitative estimate of drug-likeness (QED) is 0.906. The molecular weight excluding hydrogens is 298 g/mol. The van der Waals surface area contributed by atoms with E-state index in [0.29, 0.717) is 10.2 Å². The Hall–Kier alpha value is -1.76. The van der Waals surface area contributed by atoms with Gasteiger partial charge in [-0.1, -0.05) is 6.92 Å². The van der Waals surface area contributed by atoms with Crippen LogP contribution in [-0.4, -0.2) is 26.1 Å². The standard InChI is InChI=1S/C11H12BrN5O/c1-2-3-9-15-10(17-16-9)11(18)14-8-4-5-13-6-7(8)12/h4-6H,2-3H2,1H3,(H,13,14,18)(H,15,16,17). The second-order valence-corrected chi connectivity index (χ2v) is 4.52. The first-order valence-electron chi connectivity index (χ1n) is 5.53. The van der Waals surface area contributed by atoms with Crippen molar-refractivity contribution in [2.24, 2.45) is 0 Å². The molecule has 6 nitrogen and oxygen atoms in total. The minimum absolute atomic E-state index is 0.141. The lowest BCUT2D eigenvalue weighted by atomic mass is 10.3. The van der Waals surface area contributed by atoms with E-state index in [0.717, 1.165) is 18.7 Å². The number of carbonyl (C=O) groups is 1. The summed E-state index contributed by atoms with van der Waals surface area (Å²) in [7, 11) is 0. The van der Waals surface area contributed by atoms with Gasteiger partial charge in [-0.05, 0) is 28.4 Å². The van der Waals surface area contributed by atoms with E-state index in [1.807, 2.05) is 6.92 Å². The molecule has 0 fully saturated rings. The molecule has 2 rings (SSSR count). The molecule has 2 N–H and O–H groups in total. The Morgan fingerprint density at radius 1 is 1.56 bits per heavy atom. The molecule has 0 aliphatic rings. The van der Waals surface area contributed by atoms with Crippen LogP contribution in [0.2, 0.25) is 0 Å². The molecule has 0 radical (unpaired) electrons. The summed E-state index contributed by atoms with van der Waals surface area (Å²) in [5, 5.41) is 9.33. The summed E-state index contributed by atoms with van der Waals surface area (Å²) in [6.07, 6.45) is 4.93. The van der Waals surface area contributed by atoms with Gasteiger partial charge in [0.05, 0.1) is 10.2 Å². The first kappa shape index (κ1) is 12.7. The lowest BCUT2D eigenvalue weighted by molar-refractivity contribution is 0.101. The number of amides is 1. The summed E-state index contributed by atoms with van der Waals surface area (Å²) in [5.74, 6) is 0.513. The molecule has 0 spiro atoms. The van der Waals surface area contributed by atoms with Crippen molar-refractivity contribution < 1.29 is 4.79 Å². The van der Waals surface area contributed by atoms with Gasteiger partial charge in [-0.25, -0.2) is 4.98 Å². The average molecular weight is 310 g/mol. The van der Waals surface area contributed by atoms with Crippen LogP contribution < -0.4 is 5.32 Å². The second kappa shape index (κ2) is 5.72. The van der Waals surface area contributed by atoms with E-state index in [4.69, 9.17) is 0 Å². The zero-order chi connectivity index (χ0) is 13.0. The lowest BCUT2D eigenvalue weighted by Gasteiger charge is -2.03. The third kappa shape index (κ3) is 2.92. The van der Waals surface area contributed by atoms with Gasteiger partial charge >= 0.3 is 0 Å². The molecular formula is C11H12BrN5O. The number of nitrogens with zero attached hydrogens (tertiary/aromatic N) is 3. The summed E-state index contributed by atoms with van der Waals surface area (Å²) >= 11 is 3.30. The average Bonchev–Trinajstić information content (AvgIpc) is 2.81. The molecule has 0 unspecified atom stereocenters. The van der Waals surface area contributed by atoms with Crippen LogP contribution in [0.5, 0.6) is 0 Å². The number of carbonyl (C=O) groups excluding carboxylic acids is 1. The molecule has 18 heavy (non-hydrogen) atoms. The number of nitrogens with one attached hydrogen (secondary N) is 2. The van der Waals surface area contributed by atoms with E-state index >= 15 is 0 Å². The van der Waals surface area contributed by atoms with Crippen LogP contribution in [-0.2, 0) is 6.42 Å².